The lowest BCUT2D eigenvalue weighted by Crippen LogP contribution is -2.40. The fraction of sp³-hybridized carbons (Fsp3) is 0.615. The highest BCUT2D eigenvalue weighted by Gasteiger charge is 2.22. The van der Waals surface area contributed by atoms with E-state index in [9.17, 15) is 8.42 Å². The maximum absolute atomic E-state index is 12.2. The predicted molar refractivity (Wildman–Crippen MR) is 76.6 cm³/mol. The number of hydrogen-bond donors (Lipinski definition) is 1. The van der Waals surface area contributed by atoms with Crippen LogP contribution in [0.2, 0.25) is 0 Å². The molecule has 0 aromatic carbocycles. The Bertz CT molecular complexity index is 508. The van der Waals surface area contributed by atoms with Gasteiger partial charge in [-0.3, -0.25) is 0 Å². The molecule has 0 amide bonds. The Morgan fingerprint density at radius 1 is 1.25 bits per heavy atom. The normalized spacial score (nSPS) is 17.6. The molecule has 2 heterocycles. The number of methoxy groups -OCH3 is 1. The molecule has 0 atom stereocenters. The number of aromatic nitrogens is 1. The summed E-state index contributed by atoms with van der Waals surface area (Å²) in [6, 6.07) is 3.52. The molecule has 2 rings (SSSR count). The molecule has 20 heavy (non-hydrogen) atoms. The van der Waals surface area contributed by atoms with Crippen molar-refractivity contribution in [3.8, 4) is 5.88 Å². The summed E-state index contributed by atoms with van der Waals surface area (Å²) in [5.74, 6) is 0.518. The van der Waals surface area contributed by atoms with Gasteiger partial charge in [0, 0.05) is 31.9 Å². The second-order valence-electron chi connectivity index (χ2n) is 4.85. The van der Waals surface area contributed by atoms with Crippen molar-refractivity contribution in [2.75, 3.05) is 20.2 Å². The third-order valence-electron chi connectivity index (χ3n) is 3.37. The molecule has 0 saturated carbocycles. The molecule has 1 aromatic heterocycles. The van der Waals surface area contributed by atoms with Gasteiger partial charge in [0.05, 0.1) is 7.11 Å². The zero-order valence-electron chi connectivity index (χ0n) is 11.7. The Balaban J connectivity index is 1.93. The van der Waals surface area contributed by atoms with Gasteiger partial charge in [-0.2, -0.15) is 17.4 Å². The second-order valence-corrected chi connectivity index (χ2v) is 6.60. The van der Waals surface area contributed by atoms with Gasteiger partial charge < -0.3 is 4.74 Å². The van der Waals surface area contributed by atoms with Crippen molar-refractivity contribution < 1.29 is 13.2 Å². The molecule has 1 fully saturated rings. The minimum atomic E-state index is -3.40. The molecule has 0 spiro atoms. The number of ether oxygens (including phenoxy) is 1. The quantitative estimate of drug-likeness (QED) is 0.889. The molecule has 1 N–H and O–H groups in total. The molecular formula is C13H21N3O3S. The van der Waals surface area contributed by atoms with Gasteiger partial charge in [0.15, 0.2) is 0 Å². The monoisotopic (exact) mass is 299 g/mol. The molecule has 6 nitrogen and oxygen atoms in total. The van der Waals surface area contributed by atoms with E-state index >= 15 is 0 Å². The highest BCUT2D eigenvalue weighted by atomic mass is 32.2. The summed E-state index contributed by atoms with van der Waals surface area (Å²) in [7, 11) is -1.85. The molecule has 0 bridgehead atoms. The molecule has 112 valence electrons. The lowest BCUT2D eigenvalue weighted by atomic mass is 10.2. The molecule has 1 aromatic rings. The van der Waals surface area contributed by atoms with Gasteiger partial charge in [0.25, 0.3) is 10.2 Å². The summed E-state index contributed by atoms with van der Waals surface area (Å²) < 4.78 is 33.5. The fourth-order valence-electron chi connectivity index (χ4n) is 2.18. The van der Waals surface area contributed by atoms with Crippen molar-refractivity contribution in [2.24, 2.45) is 0 Å². The van der Waals surface area contributed by atoms with Crippen LogP contribution < -0.4 is 9.46 Å². The van der Waals surface area contributed by atoms with Gasteiger partial charge in [-0.15, -0.1) is 0 Å². The van der Waals surface area contributed by atoms with Crippen molar-refractivity contribution in [1.82, 2.24) is 14.0 Å². The maximum Gasteiger partial charge on any atom is 0.279 e. The maximum atomic E-state index is 12.2. The van der Waals surface area contributed by atoms with E-state index in [0.717, 1.165) is 31.2 Å². The zero-order valence-corrected chi connectivity index (χ0v) is 12.5. The SMILES string of the molecule is COc1ccc(CNS(=O)(=O)N2CCCCCC2)cn1. The van der Waals surface area contributed by atoms with E-state index in [4.69, 9.17) is 4.74 Å². The van der Waals surface area contributed by atoms with Crippen LogP contribution in [0.4, 0.5) is 0 Å². The van der Waals surface area contributed by atoms with Crippen LogP contribution in [-0.4, -0.2) is 37.9 Å². The van der Waals surface area contributed by atoms with Crippen LogP contribution in [0.25, 0.3) is 0 Å². The van der Waals surface area contributed by atoms with E-state index in [0.29, 0.717) is 19.0 Å². The van der Waals surface area contributed by atoms with E-state index in [1.54, 1.807) is 25.4 Å². The average molecular weight is 299 g/mol. The highest BCUT2D eigenvalue weighted by molar-refractivity contribution is 7.87. The molecular weight excluding hydrogens is 278 g/mol. The third kappa shape index (κ3) is 4.16. The van der Waals surface area contributed by atoms with Crippen LogP contribution in [-0.2, 0) is 16.8 Å². The number of hydrogen-bond acceptors (Lipinski definition) is 4. The Hall–Kier alpha value is -1.18. The largest absolute Gasteiger partial charge is 0.481 e. The van der Waals surface area contributed by atoms with E-state index < -0.39 is 10.2 Å². The van der Waals surface area contributed by atoms with Crippen molar-refractivity contribution in [1.29, 1.82) is 0 Å². The molecule has 0 unspecified atom stereocenters. The molecule has 0 aliphatic carbocycles. The summed E-state index contributed by atoms with van der Waals surface area (Å²) >= 11 is 0. The van der Waals surface area contributed by atoms with Crippen LogP contribution in [0.5, 0.6) is 5.88 Å². The summed E-state index contributed by atoms with van der Waals surface area (Å²) in [6.07, 6.45) is 5.70. The average Bonchev–Trinajstić information content (AvgIpc) is 2.75. The third-order valence-corrected chi connectivity index (χ3v) is 4.92. The lowest BCUT2D eigenvalue weighted by Gasteiger charge is -2.20. The number of nitrogens with one attached hydrogen (secondary N) is 1. The minimum Gasteiger partial charge on any atom is -0.481 e. The van der Waals surface area contributed by atoms with Crippen molar-refractivity contribution >= 4 is 10.2 Å². The Morgan fingerprint density at radius 2 is 1.95 bits per heavy atom. The Morgan fingerprint density at radius 3 is 2.50 bits per heavy atom. The van der Waals surface area contributed by atoms with Gasteiger partial charge in [-0.05, 0) is 18.4 Å². The molecule has 0 radical (unpaired) electrons. The number of pyridine rings is 1. The predicted octanol–water partition coefficient (Wildman–Crippen LogP) is 1.30. The minimum absolute atomic E-state index is 0.246. The van der Waals surface area contributed by atoms with E-state index in [1.807, 2.05) is 0 Å². The van der Waals surface area contributed by atoms with E-state index in [-0.39, 0.29) is 6.54 Å². The standard InChI is InChI=1S/C13H21N3O3S/c1-19-13-7-6-12(10-14-13)11-15-20(17,18)16-8-4-2-3-5-9-16/h6-7,10,15H,2-5,8-9,11H2,1H3. The van der Waals surface area contributed by atoms with Gasteiger partial charge >= 0.3 is 0 Å². The van der Waals surface area contributed by atoms with E-state index in [1.165, 1.54) is 4.31 Å². The first-order valence-electron chi connectivity index (χ1n) is 6.85. The highest BCUT2D eigenvalue weighted by Crippen LogP contribution is 2.13. The first-order valence-corrected chi connectivity index (χ1v) is 8.29. The number of nitrogens with zero attached hydrogens (tertiary/aromatic N) is 2. The fourth-order valence-corrected chi connectivity index (χ4v) is 3.45. The molecule has 1 aliphatic rings. The Labute approximate surface area is 120 Å². The van der Waals surface area contributed by atoms with Crippen molar-refractivity contribution in [3.05, 3.63) is 23.9 Å². The summed E-state index contributed by atoms with van der Waals surface area (Å²) in [4.78, 5) is 4.05. The van der Waals surface area contributed by atoms with Gasteiger partial charge in [-0.25, -0.2) is 4.98 Å². The summed E-state index contributed by atoms with van der Waals surface area (Å²) in [6.45, 7) is 1.46. The van der Waals surface area contributed by atoms with Crippen LogP contribution in [0.3, 0.4) is 0 Å². The summed E-state index contributed by atoms with van der Waals surface area (Å²) in [5.41, 5.74) is 0.809. The van der Waals surface area contributed by atoms with Crippen molar-refractivity contribution in [3.63, 3.8) is 0 Å². The van der Waals surface area contributed by atoms with Gasteiger partial charge in [0.1, 0.15) is 0 Å². The first-order chi connectivity index (χ1) is 9.62. The number of rotatable bonds is 5. The molecule has 7 heteroatoms. The second kappa shape index (κ2) is 7.01. The van der Waals surface area contributed by atoms with Gasteiger partial charge in [0.2, 0.25) is 5.88 Å². The van der Waals surface area contributed by atoms with Crippen molar-refractivity contribution in [2.45, 2.75) is 32.2 Å². The Kier molecular flexibility index (Phi) is 5.33. The first kappa shape index (κ1) is 15.2. The van der Waals surface area contributed by atoms with Crippen LogP contribution in [0.1, 0.15) is 31.2 Å². The van der Waals surface area contributed by atoms with Crippen LogP contribution in [0.15, 0.2) is 18.3 Å². The molecule has 1 saturated heterocycles. The van der Waals surface area contributed by atoms with Crippen LogP contribution in [0, 0.1) is 0 Å². The zero-order chi connectivity index (χ0) is 14.4. The topological polar surface area (TPSA) is 71.5 Å². The lowest BCUT2D eigenvalue weighted by molar-refractivity contribution is 0.397. The molecule has 1 aliphatic heterocycles. The smallest absolute Gasteiger partial charge is 0.279 e. The van der Waals surface area contributed by atoms with Gasteiger partial charge in [-0.1, -0.05) is 18.9 Å². The van der Waals surface area contributed by atoms with Crippen LogP contribution >= 0.6 is 0 Å². The summed E-state index contributed by atoms with van der Waals surface area (Å²) in [5, 5.41) is 0. The van der Waals surface area contributed by atoms with E-state index in [2.05, 4.69) is 9.71 Å².